The normalized spacial score (nSPS) is 30.6. The van der Waals surface area contributed by atoms with Crippen LogP contribution in [0.5, 0.6) is 0 Å². The standard InChI is InChI=1S/C6H12.O.Sn/c1-4-5-6(2)3;;/h6H,1-2,4-5H2,3H3;;. The average molecular weight is 219 g/mol. The number of hydrogen-bond acceptors (Lipinski definition) is 1. The van der Waals surface area contributed by atoms with Crippen LogP contribution in [0, 0.1) is 5.92 Å². The van der Waals surface area contributed by atoms with Crippen molar-refractivity contribution >= 4 is 19.7 Å². The summed E-state index contributed by atoms with van der Waals surface area (Å²) >= 11 is -1.89. The van der Waals surface area contributed by atoms with E-state index in [1.165, 1.54) is 12.8 Å². The van der Waals surface area contributed by atoms with Crippen LogP contribution in [0.2, 0.25) is 8.87 Å². The fraction of sp³-hybridized carbons (Fsp3) is 1.00. The van der Waals surface area contributed by atoms with E-state index in [0.717, 1.165) is 14.8 Å². The molecule has 0 aromatic rings. The minimum atomic E-state index is -1.89. The van der Waals surface area contributed by atoms with Crippen LogP contribution in [0.4, 0.5) is 0 Å². The van der Waals surface area contributed by atoms with Crippen molar-refractivity contribution < 1.29 is 3.08 Å². The molecule has 0 radical (unpaired) electrons. The molecule has 1 nitrogen and oxygen atoms in total. The summed E-state index contributed by atoms with van der Waals surface area (Å²) in [5.74, 6) is 0.788. The van der Waals surface area contributed by atoms with Gasteiger partial charge in [-0.1, -0.05) is 0 Å². The zero-order chi connectivity index (χ0) is 5.98. The maximum atomic E-state index is 11.0. The van der Waals surface area contributed by atoms with Gasteiger partial charge in [0.25, 0.3) is 0 Å². The summed E-state index contributed by atoms with van der Waals surface area (Å²) in [6.07, 6.45) is 2.58. The van der Waals surface area contributed by atoms with Gasteiger partial charge in [-0.15, -0.1) is 0 Å². The Morgan fingerprint density at radius 3 is 2.75 bits per heavy atom. The Hall–Kier alpha value is 0.599. The molecule has 1 fully saturated rings. The summed E-state index contributed by atoms with van der Waals surface area (Å²) in [5, 5.41) is 0. The summed E-state index contributed by atoms with van der Waals surface area (Å²) in [6.45, 7) is 2.22. The molecule has 0 spiro atoms. The topological polar surface area (TPSA) is 17.1 Å². The summed E-state index contributed by atoms with van der Waals surface area (Å²) in [4.78, 5) is 0. The van der Waals surface area contributed by atoms with Crippen LogP contribution in [0.1, 0.15) is 19.8 Å². The van der Waals surface area contributed by atoms with Gasteiger partial charge in [0.2, 0.25) is 0 Å². The maximum absolute atomic E-state index is 11.0. The molecule has 0 aromatic carbocycles. The molecular weight excluding hydrogens is 207 g/mol. The molecular formula is C6H12OSn. The van der Waals surface area contributed by atoms with Crippen LogP contribution < -0.4 is 0 Å². The van der Waals surface area contributed by atoms with Gasteiger partial charge in [0, 0.05) is 0 Å². The SMILES string of the molecule is CC1CC[CH2][Sn](=[O])[CH2]1. The van der Waals surface area contributed by atoms with E-state index in [-0.39, 0.29) is 0 Å². The van der Waals surface area contributed by atoms with E-state index in [1.807, 2.05) is 0 Å². The summed E-state index contributed by atoms with van der Waals surface area (Å²) < 4.78 is 13.2. The van der Waals surface area contributed by atoms with Crippen molar-refractivity contribution in [3.63, 3.8) is 0 Å². The fourth-order valence-electron chi connectivity index (χ4n) is 1.24. The van der Waals surface area contributed by atoms with Gasteiger partial charge in [-0.2, -0.15) is 0 Å². The zero-order valence-electron chi connectivity index (χ0n) is 5.31. The second-order valence-electron chi connectivity index (χ2n) is 2.74. The van der Waals surface area contributed by atoms with E-state index in [9.17, 15) is 3.08 Å². The van der Waals surface area contributed by atoms with Crippen molar-refractivity contribution in [3.8, 4) is 0 Å². The molecule has 1 saturated heterocycles. The zero-order valence-corrected chi connectivity index (χ0v) is 8.17. The van der Waals surface area contributed by atoms with E-state index in [0.29, 0.717) is 0 Å². The Balaban J connectivity index is 2.34. The second-order valence-corrected chi connectivity index (χ2v) is 8.41. The first-order valence-corrected chi connectivity index (χ1v) is 8.51. The Morgan fingerprint density at radius 2 is 2.38 bits per heavy atom. The van der Waals surface area contributed by atoms with Gasteiger partial charge in [-0.25, -0.2) is 0 Å². The van der Waals surface area contributed by atoms with E-state index in [2.05, 4.69) is 6.92 Å². The van der Waals surface area contributed by atoms with Gasteiger partial charge in [0.15, 0.2) is 0 Å². The van der Waals surface area contributed by atoms with Crippen molar-refractivity contribution in [1.29, 1.82) is 0 Å². The molecule has 1 atom stereocenters. The van der Waals surface area contributed by atoms with Gasteiger partial charge in [-0.05, 0) is 0 Å². The van der Waals surface area contributed by atoms with Crippen LogP contribution in [-0.4, -0.2) is 19.7 Å². The molecule has 1 rings (SSSR count). The molecule has 0 aliphatic carbocycles. The van der Waals surface area contributed by atoms with E-state index >= 15 is 0 Å². The third kappa shape index (κ3) is 1.84. The average Bonchev–Trinajstić information content (AvgIpc) is 1.64. The monoisotopic (exact) mass is 220 g/mol. The predicted molar refractivity (Wildman–Crippen MR) is 34.5 cm³/mol. The first-order chi connectivity index (χ1) is 3.79. The molecule has 8 heavy (non-hydrogen) atoms. The number of hydrogen-bond donors (Lipinski definition) is 0. The quantitative estimate of drug-likeness (QED) is 0.568. The first-order valence-electron chi connectivity index (χ1n) is 3.31. The molecule has 1 aliphatic rings. The molecule has 2 heteroatoms. The summed E-state index contributed by atoms with van der Waals surface area (Å²) in [7, 11) is 0. The van der Waals surface area contributed by atoms with E-state index in [4.69, 9.17) is 0 Å². The van der Waals surface area contributed by atoms with Crippen molar-refractivity contribution in [3.05, 3.63) is 0 Å². The molecule has 0 saturated carbocycles. The number of rotatable bonds is 0. The van der Waals surface area contributed by atoms with Crippen LogP contribution in [0.3, 0.4) is 0 Å². The third-order valence-electron chi connectivity index (χ3n) is 1.73. The first kappa shape index (κ1) is 6.71. The summed E-state index contributed by atoms with van der Waals surface area (Å²) in [5.41, 5.74) is 0. The molecule has 1 aliphatic heterocycles. The minimum absolute atomic E-state index is 0.788. The Morgan fingerprint density at radius 1 is 1.62 bits per heavy atom. The Kier molecular flexibility index (Phi) is 2.47. The van der Waals surface area contributed by atoms with Crippen molar-refractivity contribution in [2.24, 2.45) is 5.92 Å². The molecule has 46 valence electrons. The van der Waals surface area contributed by atoms with Crippen LogP contribution in [0.25, 0.3) is 0 Å². The van der Waals surface area contributed by atoms with Crippen LogP contribution in [0.15, 0.2) is 0 Å². The molecule has 0 amide bonds. The summed E-state index contributed by atoms with van der Waals surface area (Å²) in [6, 6.07) is 0. The van der Waals surface area contributed by atoms with Crippen molar-refractivity contribution in [2.45, 2.75) is 28.6 Å². The fourth-order valence-corrected chi connectivity index (χ4v) is 6.33. The van der Waals surface area contributed by atoms with E-state index in [1.54, 1.807) is 0 Å². The van der Waals surface area contributed by atoms with Crippen LogP contribution in [-0.2, 0) is 3.08 Å². The van der Waals surface area contributed by atoms with Gasteiger partial charge >= 0.3 is 57.4 Å². The third-order valence-corrected chi connectivity index (χ3v) is 7.62. The Bertz CT molecular complexity index is 101. The van der Waals surface area contributed by atoms with Gasteiger partial charge in [0.1, 0.15) is 0 Å². The van der Waals surface area contributed by atoms with Gasteiger partial charge in [-0.3, -0.25) is 0 Å². The molecule has 0 aromatic heterocycles. The van der Waals surface area contributed by atoms with Gasteiger partial charge in [0.05, 0.1) is 0 Å². The van der Waals surface area contributed by atoms with Crippen molar-refractivity contribution in [2.75, 3.05) is 0 Å². The molecule has 0 bridgehead atoms. The molecule has 1 heterocycles. The van der Waals surface area contributed by atoms with Crippen LogP contribution >= 0.6 is 0 Å². The van der Waals surface area contributed by atoms with Gasteiger partial charge < -0.3 is 0 Å². The van der Waals surface area contributed by atoms with E-state index < -0.39 is 19.7 Å². The second kappa shape index (κ2) is 2.95. The molecule has 0 N–H and O–H groups in total. The predicted octanol–water partition coefficient (Wildman–Crippen LogP) is 1.84. The molecule has 1 unspecified atom stereocenters. The van der Waals surface area contributed by atoms with Crippen molar-refractivity contribution in [1.82, 2.24) is 0 Å². The Labute approximate surface area is 57.6 Å².